The van der Waals surface area contributed by atoms with E-state index in [2.05, 4.69) is 15.0 Å². The van der Waals surface area contributed by atoms with E-state index < -0.39 is 23.7 Å². The number of carboxylic acids is 1. The Balaban J connectivity index is 0.000000383. The molecule has 1 saturated carbocycles. The molecule has 0 aromatic carbocycles. The SMILES string of the molecule is CCn1cnc(C2(C(F)(F)F)CC2)c1CSc1nc2c(c(=O)[nH]1)CCC2.O=C(O)C(F)(F)F. The van der Waals surface area contributed by atoms with Crippen LogP contribution in [0.5, 0.6) is 0 Å². The molecule has 4 rings (SSSR count). The maximum Gasteiger partial charge on any atom is 0.490 e. The van der Waals surface area contributed by atoms with Crippen LogP contribution >= 0.6 is 11.8 Å². The number of aryl methyl sites for hydroxylation is 2. The number of thioether (sulfide) groups is 1. The minimum absolute atomic E-state index is 0.0861. The third-order valence-electron chi connectivity index (χ3n) is 5.54. The van der Waals surface area contributed by atoms with Gasteiger partial charge in [-0.25, -0.2) is 14.8 Å². The van der Waals surface area contributed by atoms with Crippen molar-refractivity contribution in [2.45, 2.75) is 74.2 Å². The van der Waals surface area contributed by atoms with E-state index in [0.717, 1.165) is 30.5 Å². The fourth-order valence-electron chi connectivity index (χ4n) is 3.63. The highest BCUT2D eigenvalue weighted by Gasteiger charge is 2.66. The van der Waals surface area contributed by atoms with Crippen molar-refractivity contribution in [1.82, 2.24) is 19.5 Å². The molecule has 2 N–H and O–H groups in total. The largest absolute Gasteiger partial charge is 0.490 e. The number of aliphatic carboxylic acids is 1. The molecule has 0 radical (unpaired) electrons. The van der Waals surface area contributed by atoms with Gasteiger partial charge >= 0.3 is 18.3 Å². The zero-order valence-electron chi connectivity index (χ0n) is 17.3. The van der Waals surface area contributed by atoms with E-state index in [1.165, 1.54) is 18.1 Å². The van der Waals surface area contributed by atoms with Gasteiger partial charge in [0.25, 0.3) is 5.56 Å². The third-order valence-corrected chi connectivity index (χ3v) is 6.43. The van der Waals surface area contributed by atoms with Gasteiger partial charge in [0, 0.05) is 17.9 Å². The maximum absolute atomic E-state index is 13.5. The van der Waals surface area contributed by atoms with Gasteiger partial charge in [0.1, 0.15) is 5.41 Å². The minimum atomic E-state index is -5.08. The minimum Gasteiger partial charge on any atom is -0.475 e. The lowest BCUT2D eigenvalue weighted by atomic mass is 10.0. The lowest BCUT2D eigenvalue weighted by Crippen LogP contribution is -2.30. The highest BCUT2D eigenvalue weighted by molar-refractivity contribution is 7.98. The summed E-state index contributed by atoms with van der Waals surface area (Å²) in [5.41, 5.74) is 0.311. The average molecular weight is 498 g/mol. The number of nitrogens with zero attached hydrogens (tertiary/aromatic N) is 3. The number of imidazole rings is 1. The number of H-pyrrole nitrogens is 1. The van der Waals surface area contributed by atoms with Crippen LogP contribution in [0.15, 0.2) is 16.3 Å². The van der Waals surface area contributed by atoms with Gasteiger partial charge < -0.3 is 14.7 Å². The van der Waals surface area contributed by atoms with Crippen LogP contribution in [0.2, 0.25) is 0 Å². The predicted octanol–water partition coefficient (Wildman–Crippen LogP) is 3.99. The highest BCUT2D eigenvalue weighted by Crippen LogP contribution is 2.59. The Hall–Kier alpha value is -2.51. The number of hydrogen-bond donors (Lipinski definition) is 2. The van der Waals surface area contributed by atoms with Crippen LogP contribution in [0.1, 0.15) is 48.8 Å². The van der Waals surface area contributed by atoms with Gasteiger partial charge in [-0.05, 0) is 39.0 Å². The van der Waals surface area contributed by atoms with Gasteiger partial charge in [0.15, 0.2) is 5.16 Å². The Morgan fingerprint density at radius 3 is 2.39 bits per heavy atom. The fourth-order valence-corrected chi connectivity index (χ4v) is 4.55. The summed E-state index contributed by atoms with van der Waals surface area (Å²) in [6.45, 7) is 2.42. The quantitative estimate of drug-likeness (QED) is 0.367. The summed E-state index contributed by atoms with van der Waals surface area (Å²) in [7, 11) is 0. The van der Waals surface area contributed by atoms with Gasteiger partial charge in [-0.3, -0.25) is 4.79 Å². The summed E-state index contributed by atoms with van der Waals surface area (Å²) in [5.74, 6) is -2.46. The van der Waals surface area contributed by atoms with Gasteiger partial charge in [0.05, 0.1) is 23.4 Å². The molecule has 2 aromatic heterocycles. The van der Waals surface area contributed by atoms with E-state index in [9.17, 15) is 31.1 Å². The van der Waals surface area contributed by atoms with Gasteiger partial charge in [-0.2, -0.15) is 26.3 Å². The summed E-state index contributed by atoms with van der Waals surface area (Å²) < 4.78 is 74.1. The number of aromatic nitrogens is 4. The van der Waals surface area contributed by atoms with Crippen LogP contribution in [-0.4, -0.2) is 42.9 Å². The smallest absolute Gasteiger partial charge is 0.475 e. The molecule has 2 aromatic rings. The van der Waals surface area contributed by atoms with Crippen LogP contribution in [0.4, 0.5) is 26.3 Å². The first-order chi connectivity index (χ1) is 15.3. The number of aromatic amines is 1. The van der Waals surface area contributed by atoms with Crippen LogP contribution < -0.4 is 5.56 Å². The summed E-state index contributed by atoms with van der Waals surface area (Å²) in [5, 5.41) is 7.59. The summed E-state index contributed by atoms with van der Waals surface area (Å²) >= 11 is 1.26. The molecule has 1 fully saturated rings. The van der Waals surface area contributed by atoms with Crippen molar-refractivity contribution >= 4 is 17.7 Å². The van der Waals surface area contributed by atoms with Gasteiger partial charge in [0.2, 0.25) is 0 Å². The highest BCUT2D eigenvalue weighted by atomic mass is 32.2. The fraction of sp³-hybridized carbons (Fsp3) is 0.579. The van der Waals surface area contributed by atoms with E-state index in [0.29, 0.717) is 23.1 Å². The molecule has 0 atom stereocenters. The summed E-state index contributed by atoms with van der Waals surface area (Å²) in [4.78, 5) is 32.4. The Morgan fingerprint density at radius 1 is 1.24 bits per heavy atom. The molecule has 0 spiro atoms. The molecule has 33 heavy (non-hydrogen) atoms. The number of hydrogen-bond acceptors (Lipinski definition) is 5. The molecule has 2 aliphatic rings. The lowest BCUT2D eigenvalue weighted by Gasteiger charge is -2.19. The van der Waals surface area contributed by atoms with Crippen LogP contribution in [0.25, 0.3) is 0 Å². The topological polar surface area (TPSA) is 101 Å². The molecule has 2 heterocycles. The Bertz CT molecular complexity index is 1090. The lowest BCUT2D eigenvalue weighted by molar-refractivity contribution is -0.192. The number of carboxylic acid groups (broad SMARTS) is 1. The molecule has 0 saturated heterocycles. The zero-order valence-corrected chi connectivity index (χ0v) is 18.1. The Morgan fingerprint density at radius 2 is 1.88 bits per heavy atom. The molecule has 0 unspecified atom stereocenters. The zero-order chi connectivity index (χ0) is 24.6. The van der Waals surface area contributed by atoms with E-state index in [1.54, 1.807) is 4.57 Å². The van der Waals surface area contributed by atoms with E-state index in [4.69, 9.17) is 9.90 Å². The number of rotatable bonds is 5. The molecule has 7 nitrogen and oxygen atoms in total. The monoisotopic (exact) mass is 498 g/mol. The molecule has 0 aliphatic heterocycles. The Labute approximate surface area is 187 Å². The molecule has 2 aliphatic carbocycles. The van der Waals surface area contributed by atoms with Crippen molar-refractivity contribution in [2.24, 2.45) is 0 Å². The van der Waals surface area contributed by atoms with Crippen molar-refractivity contribution in [3.05, 3.63) is 39.3 Å². The van der Waals surface area contributed by atoms with Crippen LogP contribution in [-0.2, 0) is 35.3 Å². The van der Waals surface area contributed by atoms with Crippen molar-refractivity contribution in [2.75, 3.05) is 0 Å². The van der Waals surface area contributed by atoms with Crippen molar-refractivity contribution in [3.63, 3.8) is 0 Å². The number of fused-ring (bicyclic) bond motifs is 1. The first kappa shape index (κ1) is 25.1. The second-order valence-electron chi connectivity index (χ2n) is 7.65. The van der Waals surface area contributed by atoms with Gasteiger partial charge in [-0.1, -0.05) is 11.8 Å². The van der Waals surface area contributed by atoms with Crippen molar-refractivity contribution in [1.29, 1.82) is 0 Å². The average Bonchev–Trinajstić information content (AvgIpc) is 3.21. The molecule has 182 valence electrons. The van der Waals surface area contributed by atoms with Crippen molar-refractivity contribution < 1.29 is 36.2 Å². The van der Waals surface area contributed by atoms with Gasteiger partial charge in [-0.15, -0.1) is 0 Å². The predicted molar refractivity (Wildman–Crippen MR) is 105 cm³/mol. The number of carbonyl (C=O) groups is 1. The standard InChI is InChI=1S/C17H19F3N4OS.C2HF3O2/c1-2-24-9-21-13(16(6-7-16)17(18,19)20)12(24)8-26-15-22-11-5-3-4-10(11)14(25)23-15;3-2(4,5)1(6)7/h9H,2-8H2,1H3,(H,22,23,25);(H,6,7). The number of halogens is 6. The molecule has 0 bridgehead atoms. The number of alkyl halides is 6. The van der Waals surface area contributed by atoms with Crippen LogP contribution in [0, 0.1) is 0 Å². The number of nitrogens with one attached hydrogen (secondary N) is 1. The molecular weight excluding hydrogens is 478 g/mol. The second-order valence-corrected chi connectivity index (χ2v) is 8.61. The normalized spacial score (nSPS) is 16.7. The Kier molecular flexibility index (Phi) is 6.87. The molecule has 14 heteroatoms. The van der Waals surface area contributed by atoms with E-state index in [1.807, 2.05) is 6.92 Å². The first-order valence-electron chi connectivity index (χ1n) is 9.96. The molecular formula is C19H20F6N4O3S. The van der Waals surface area contributed by atoms with Crippen molar-refractivity contribution in [3.8, 4) is 0 Å². The molecule has 0 amide bonds. The third kappa shape index (κ3) is 5.20. The van der Waals surface area contributed by atoms with E-state index in [-0.39, 0.29) is 24.1 Å². The first-order valence-corrected chi connectivity index (χ1v) is 10.9. The van der Waals surface area contributed by atoms with E-state index >= 15 is 0 Å². The van der Waals surface area contributed by atoms with Crippen LogP contribution in [0.3, 0.4) is 0 Å². The maximum atomic E-state index is 13.5. The summed E-state index contributed by atoms with van der Waals surface area (Å²) in [6.07, 6.45) is -5.28. The second kappa shape index (κ2) is 9.03. The summed E-state index contributed by atoms with van der Waals surface area (Å²) in [6, 6.07) is 0.